The van der Waals surface area contributed by atoms with Crippen molar-refractivity contribution in [2.75, 3.05) is 26.4 Å². The molecule has 0 aliphatic carbocycles. The smallest absolute Gasteiger partial charge is 0.245 e. The van der Waals surface area contributed by atoms with E-state index in [-0.39, 0.29) is 24.4 Å². The third kappa shape index (κ3) is 4.75. The highest BCUT2D eigenvalue weighted by molar-refractivity contribution is 5.77. The Morgan fingerprint density at radius 2 is 2.42 bits per heavy atom. The lowest BCUT2D eigenvalue weighted by Crippen LogP contribution is -2.30. The molecule has 1 aliphatic heterocycles. The summed E-state index contributed by atoms with van der Waals surface area (Å²) < 4.78 is 23.9. The van der Waals surface area contributed by atoms with Crippen molar-refractivity contribution in [3.05, 3.63) is 29.8 Å². The van der Waals surface area contributed by atoms with E-state index >= 15 is 0 Å². The number of nitrogens with one attached hydrogen (secondary N) is 2. The Morgan fingerprint density at radius 1 is 1.50 bits per heavy atom. The maximum absolute atomic E-state index is 13.1. The summed E-state index contributed by atoms with van der Waals surface area (Å²) in [6.07, 6.45) is 3.64. The molecule has 1 saturated heterocycles. The molecule has 1 aromatic heterocycles. The lowest BCUT2D eigenvalue weighted by molar-refractivity contribution is -0.126. The third-order valence-corrected chi connectivity index (χ3v) is 3.97. The summed E-state index contributed by atoms with van der Waals surface area (Å²) in [5.41, 5.74) is 1.44. The molecule has 2 heterocycles. The lowest BCUT2D eigenvalue weighted by Gasteiger charge is -2.10. The number of fused-ring (bicyclic) bond motifs is 1. The minimum absolute atomic E-state index is 0.0593. The third-order valence-electron chi connectivity index (χ3n) is 3.97. The zero-order valence-corrected chi connectivity index (χ0v) is 13.5. The van der Waals surface area contributed by atoms with Gasteiger partial charge in [0.15, 0.2) is 0 Å². The normalized spacial score (nSPS) is 17.5. The molecule has 2 aromatic rings. The van der Waals surface area contributed by atoms with Gasteiger partial charge in [0.1, 0.15) is 18.2 Å². The number of aromatic amines is 1. The van der Waals surface area contributed by atoms with Gasteiger partial charge in [0.2, 0.25) is 5.91 Å². The van der Waals surface area contributed by atoms with Gasteiger partial charge in [0, 0.05) is 19.6 Å². The van der Waals surface area contributed by atoms with E-state index in [9.17, 15) is 9.18 Å². The molecule has 1 aromatic carbocycles. The molecule has 3 rings (SSSR count). The summed E-state index contributed by atoms with van der Waals surface area (Å²) in [6.45, 7) is 1.87. The van der Waals surface area contributed by atoms with E-state index in [0.717, 1.165) is 37.2 Å². The zero-order valence-electron chi connectivity index (χ0n) is 13.5. The number of imidazole rings is 1. The molecular weight excluding hydrogens is 313 g/mol. The Balaban J connectivity index is 1.31. The average molecular weight is 335 g/mol. The van der Waals surface area contributed by atoms with Gasteiger partial charge in [-0.1, -0.05) is 0 Å². The van der Waals surface area contributed by atoms with Crippen LogP contribution in [0.15, 0.2) is 18.2 Å². The average Bonchev–Trinajstić information content (AvgIpc) is 3.20. The van der Waals surface area contributed by atoms with Crippen LogP contribution in [0.4, 0.5) is 4.39 Å². The van der Waals surface area contributed by atoms with Crippen molar-refractivity contribution in [1.29, 1.82) is 0 Å². The monoisotopic (exact) mass is 335 g/mol. The molecule has 0 unspecified atom stereocenters. The van der Waals surface area contributed by atoms with Crippen LogP contribution in [0.2, 0.25) is 0 Å². The Labute approximate surface area is 139 Å². The summed E-state index contributed by atoms with van der Waals surface area (Å²) in [6, 6.07) is 4.47. The van der Waals surface area contributed by atoms with Crippen LogP contribution >= 0.6 is 0 Å². The maximum Gasteiger partial charge on any atom is 0.245 e. The van der Waals surface area contributed by atoms with Crippen LogP contribution in [0.3, 0.4) is 0 Å². The fourth-order valence-electron chi connectivity index (χ4n) is 2.75. The first kappa shape index (κ1) is 16.9. The van der Waals surface area contributed by atoms with E-state index in [2.05, 4.69) is 15.3 Å². The van der Waals surface area contributed by atoms with Crippen LogP contribution in [0.25, 0.3) is 11.0 Å². The van der Waals surface area contributed by atoms with Crippen LogP contribution in [0, 0.1) is 5.82 Å². The first-order valence-corrected chi connectivity index (χ1v) is 8.31. The van der Waals surface area contributed by atoms with Crippen molar-refractivity contribution in [3.63, 3.8) is 0 Å². The number of H-pyrrole nitrogens is 1. The summed E-state index contributed by atoms with van der Waals surface area (Å²) in [4.78, 5) is 19.1. The van der Waals surface area contributed by atoms with Crippen molar-refractivity contribution < 1.29 is 18.7 Å². The molecule has 1 aliphatic rings. The van der Waals surface area contributed by atoms with Crippen LogP contribution < -0.4 is 5.32 Å². The van der Waals surface area contributed by atoms with Crippen LogP contribution in [-0.2, 0) is 20.7 Å². The molecule has 130 valence electrons. The van der Waals surface area contributed by atoms with Crippen molar-refractivity contribution in [2.45, 2.75) is 31.8 Å². The first-order chi connectivity index (χ1) is 11.7. The molecule has 7 heteroatoms. The van der Waals surface area contributed by atoms with E-state index < -0.39 is 0 Å². The van der Waals surface area contributed by atoms with E-state index in [0.29, 0.717) is 25.1 Å². The number of hydrogen-bond acceptors (Lipinski definition) is 4. The molecule has 6 nitrogen and oxygen atoms in total. The zero-order chi connectivity index (χ0) is 16.8. The lowest BCUT2D eigenvalue weighted by atomic mass is 10.2. The SMILES string of the molecule is O=C(COC[C@H]1CCCO1)NCCCc1nc2ccc(F)cc2[nH]1. The minimum atomic E-state index is -0.284. The number of amides is 1. The highest BCUT2D eigenvalue weighted by atomic mass is 19.1. The number of carbonyl (C=O) groups excluding carboxylic acids is 1. The second-order valence-corrected chi connectivity index (χ2v) is 5.95. The molecule has 2 N–H and O–H groups in total. The van der Waals surface area contributed by atoms with Crippen LogP contribution in [-0.4, -0.2) is 48.3 Å². The number of rotatable bonds is 8. The van der Waals surface area contributed by atoms with Crippen molar-refractivity contribution in [3.8, 4) is 0 Å². The van der Waals surface area contributed by atoms with Gasteiger partial charge in [-0.2, -0.15) is 0 Å². The summed E-state index contributed by atoms with van der Waals surface area (Å²) in [5.74, 6) is 0.382. The quantitative estimate of drug-likeness (QED) is 0.723. The van der Waals surface area contributed by atoms with Gasteiger partial charge in [-0.05, 0) is 37.5 Å². The molecule has 0 saturated carbocycles. The van der Waals surface area contributed by atoms with Crippen molar-refractivity contribution >= 4 is 16.9 Å². The number of ether oxygens (including phenoxy) is 2. The fraction of sp³-hybridized carbons (Fsp3) is 0.529. The summed E-state index contributed by atoms with van der Waals surface area (Å²) in [7, 11) is 0. The molecule has 1 amide bonds. The molecule has 0 radical (unpaired) electrons. The van der Waals surface area contributed by atoms with E-state index in [1.54, 1.807) is 6.07 Å². The molecule has 1 atom stereocenters. The van der Waals surface area contributed by atoms with E-state index in [4.69, 9.17) is 9.47 Å². The van der Waals surface area contributed by atoms with Crippen molar-refractivity contribution in [1.82, 2.24) is 15.3 Å². The minimum Gasteiger partial charge on any atom is -0.376 e. The van der Waals surface area contributed by atoms with Gasteiger partial charge in [0.25, 0.3) is 0 Å². The summed E-state index contributed by atoms with van der Waals surface area (Å²) >= 11 is 0. The molecule has 0 bridgehead atoms. The number of nitrogens with zero attached hydrogens (tertiary/aromatic N) is 1. The van der Waals surface area contributed by atoms with Gasteiger partial charge in [0.05, 0.1) is 23.7 Å². The Bertz CT molecular complexity index is 683. The van der Waals surface area contributed by atoms with Gasteiger partial charge >= 0.3 is 0 Å². The van der Waals surface area contributed by atoms with E-state index in [1.807, 2.05) is 0 Å². The Kier molecular flexibility index (Phi) is 5.77. The van der Waals surface area contributed by atoms with Gasteiger partial charge in [-0.25, -0.2) is 9.37 Å². The fourth-order valence-corrected chi connectivity index (χ4v) is 2.75. The standard InChI is InChI=1S/C17H22FN3O3/c18-12-5-6-14-15(9-12)21-16(20-14)4-1-7-19-17(22)11-23-10-13-3-2-8-24-13/h5-6,9,13H,1-4,7-8,10-11H2,(H,19,22)(H,20,21)/t13-/m1/s1. The van der Waals surface area contributed by atoms with Crippen molar-refractivity contribution in [2.24, 2.45) is 0 Å². The second-order valence-electron chi connectivity index (χ2n) is 5.95. The van der Waals surface area contributed by atoms with Gasteiger partial charge < -0.3 is 19.8 Å². The number of halogens is 1. The predicted molar refractivity (Wildman–Crippen MR) is 87.2 cm³/mol. The Hall–Kier alpha value is -1.99. The number of benzene rings is 1. The predicted octanol–water partition coefficient (Wildman–Crippen LogP) is 1.95. The highest BCUT2D eigenvalue weighted by Gasteiger charge is 2.15. The van der Waals surface area contributed by atoms with Gasteiger partial charge in [-0.3, -0.25) is 4.79 Å². The van der Waals surface area contributed by atoms with E-state index in [1.165, 1.54) is 12.1 Å². The first-order valence-electron chi connectivity index (χ1n) is 8.31. The molecular formula is C17H22FN3O3. The van der Waals surface area contributed by atoms with Crippen LogP contribution in [0.1, 0.15) is 25.1 Å². The second kappa shape index (κ2) is 8.21. The molecule has 24 heavy (non-hydrogen) atoms. The maximum atomic E-state index is 13.1. The Morgan fingerprint density at radius 3 is 3.25 bits per heavy atom. The number of hydrogen-bond donors (Lipinski definition) is 2. The number of aryl methyl sites for hydroxylation is 1. The number of aromatic nitrogens is 2. The highest BCUT2D eigenvalue weighted by Crippen LogP contribution is 2.13. The van der Waals surface area contributed by atoms with Crippen LogP contribution in [0.5, 0.6) is 0 Å². The molecule has 1 fully saturated rings. The topological polar surface area (TPSA) is 76.2 Å². The number of carbonyl (C=O) groups is 1. The molecule has 0 spiro atoms. The summed E-state index contributed by atoms with van der Waals surface area (Å²) in [5, 5.41) is 2.81. The largest absolute Gasteiger partial charge is 0.376 e. The van der Waals surface area contributed by atoms with Gasteiger partial charge in [-0.15, -0.1) is 0 Å².